The first-order chi connectivity index (χ1) is 13.0. The summed E-state index contributed by atoms with van der Waals surface area (Å²) in [6, 6.07) is 7.21. The van der Waals surface area contributed by atoms with Crippen LogP contribution in [0.25, 0.3) is 0 Å². The number of fused-ring (bicyclic) bond motifs is 1. The molecule has 1 saturated heterocycles. The van der Waals surface area contributed by atoms with Crippen molar-refractivity contribution < 1.29 is 4.74 Å². The number of hydrogen-bond acceptors (Lipinski definition) is 3. The zero-order valence-electron chi connectivity index (χ0n) is 17.9. The lowest BCUT2D eigenvalue weighted by atomic mass is 9.88. The second-order valence-electron chi connectivity index (χ2n) is 8.26. The molecule has 1 unspecified atom stereocenters. The van der Waals surface area contributed by atoms with Crippen molar-refractivity contribution in [3.63, 3.8) is 0 Å². The number of benzene rings is 1. The van der Waals surface area contributed by atoms with Gasteiger partial charge >= 0.3 is 0 Å². The van der Waals surface area contributed by atoms with Gasteiger partial charge in [-0.05, 0) is 76.2 Å². The minimum absolute atomic E-state index is 0. The molecular weight excluding hydrogens is 463 g/mol. The van der Waals surface area contributed by atoms with E-state index in [0.29, 0.717) is 0 Å². The number of ether oxygens (including phenoxy) is 1. The van der Waals surface area contributed by atoms with E-state index in [4.69, 9.17) is 4.74 Å². The minimum Gasteiger partial charge on any atom is -0.381 e. The number of rotatable bonds is 5. The van der Waals surface area contributed by atoms with Crippen molar-refractivity contribution in [3.05, 3.63) is 34.9 Å². The number of nitrogens with zero attached hydrogens (tertiary/aromatic N) is 2. The lowest BCUT2D eigenvalue weighted by Gasteiger charge is -2.43. The van der Waals surface area contributed by atoms with Crippen LogP contribution in [0.5, 0.6) is 0 Å². The largest absolute Gasteiger partial charge is 0.381 e. The molecule has 1 aliphatic carbocycles. The molecule has 0 saturated carbocycles. The number of nitrogens with one attached hydrogen (secondary N) is 2. The van der Waals surface area contributed by atoms with E-state index < -0.39 is 0 Å². The van der Waals surface area contributed by atoms with Crippen LogP contribution in [0, 0.1) is 0 Å². The minimum atomic E-state index is 0. The molecule has 2 N–H and O–H groups in total. The van der Waals surface area contributed by atoms with Crippen molar-refractivity contribution in [1.82, 2.24) is 15.5 Å². The van der Waals surface area contributed by atoms with Gasteiger partial charge in [0.2, 0.25) is 0 Å². The summed E-state index contributed by atoms with van der Waals surface area (Å²) in [5, 5.41) is 7.14. The first-order valence-corrected chi connectivity index (χ1v) is 10.4. The van der Waals surface area contributed by atoms with Crippen LogP contribution in [-0.4, -0.2) is 57.3 Å². The molecule has 5 nitrogen and oxygen atoms in total. The summed E-state index contributed by atoms with van der Waals surface area (Å²) in [4.78, 5) is 6.80. The van der Waals surface area contributed by atoms with E-state index >= 15 is 0 Å². The van der Waals surface area contributed by atoms with Crippen molar-refractivity contribution in [3.8, 4) is 0 Å². The van der Waals surface area contributed by atoms with Crippen LogP contribution in [0.15, 0.2) is 23.2 Å². The Labute approximate surface area is 187 Å². The molecule has 1 aromatic carbocycles. The summed E-state index contributed by atoms with van der Waals surface area (Å²) in [5.74, 6) is 0.868. The highest BCUT2D eigenvalue weighted by atomic mass is 127. The molecule has 0 radical (unpaired) electrons. The highest BCUT2D eigenvalue weighted by Crippen LogP contribution is 2.26. The van der Waals surface area contributed by atoms with Crippen LogP contribution in [-0.2, 0) is 17.6 Å². The van der Waals surface area contributed by atoms with E-state index in [2.05, 4.69) is 59.7 Å². The first-order valence-electron chi connectivity index (χ1n) is 10.4. The molecule has 2 aliphatic rings. The Kier molecular flexibility index (Phi) is 9.02. The van der Waals surface area contributed by atoms with Crippen molar-refractivity contribution in [1.29, 1.82) is 0 Å². The van der Waals surface area contributed by atoms with Crippen LogP contribution in [0.3, 0.4) is 0 Å². The standard InChI is InChI=1S/C22H36N4O.HI/c1-17(19-10-9-18-7-5-6-8-20(18)15-19)25-21(23-2)24-16-22(26(3)4)11-13-27-14-12-22;/h9-10,15,17H,5-8,11-14,16H2,1-4H3,(H2,23,24,25);1H. The Hall–Kier alpha value is -0.860. The number of hydrogen-bond donors (Lipinski definition) is 2. The summed E-state index contributed by atoms with van der Waals surface area (Å²) in [7, 11) is 6.18. The summed E-state index contributed by atoms with van der Waals surface area (Å²) in [5.41, 5.74) is 4.54. The summed E-state index contributed by atoms with van der Waals surface area (Å²) in [6.07, 6.45) is 7.19. The fourth-order valence-corrected chi connectivity index (χ4v) is 4.29. The smallest absolute Gasteiger partial charge is 0.191 e. The van der Waals surface area contributed by atoms with Crippen LogP contribution in [0.2, 0.25) is 0 Å². The molecule has 0 bridgehead atoms. The van der Waals surface area contributed by atoms with Crippen molar-refractivity contribution >= 4 is 29.9 Å². The zero-order valence-corrected chi connectivity index (χ0v) is 20.2. The highest BCUT2D eigenvalue weighted by Gasteiger charge is 2.34. The van der Waals surface area contributed by atoms with Gasteiger partial charge in [0.25, 0.3) is 0 Å². The van der Waals surface area contributed by atoms with Crippen molar-refractivity contribution in [2.24, 2.45) is 4.99 Å². The number of likely N-dealkylation sites (N-methyl/N-ethyl adjacent to an activating group) is 1. The molecule has 1 atom stereocenters. The van der Waals surface area contributed by atoms with Gasteiger partial charge < -0.3 is 20.3 Å². The maximum absolute atomic E-state index is 5.58. The molecule has 0 amide bonds. The van der Waals surface area contributed by atoms with Crippen LogP contribution < -0.4 is 10.6 Å². The highest BCUT2D eigenvalue weighted by molar-refractivity contribution is 14.0. The SMILES string of the molecule is CN=C(NCC1(N(C)C)CCOCC1)NC(C)c1ccc2c(c1)CCCC2.I. The number of aryl methyl sites for hydroxylation is 2. The monoisotopic (exact) mass is 500 g/mol. The molecule has 158 valence electrons. The lowest BCUT2D eigenvalue weighted by molar-refractivity contribution is -0.00502. The third-order valence-electron chi connectivity index (χ3n) is 6.41. The normalized spacial score (nSPS) is 20.1. The van der Waals surface area contributed by atoms with Gasteiger partial charge in [0.05, 0.1) is 6.04 Å². The maximum atomic E-state index is 5.58. The quantitative estimate of drug-likeness (QED) is 0.369. The van der Waals surface area contributed by atoms with Gasteiger partial charge in [-0.2, -0.15) is 0 Å². The average Bonchev–Trinajstić information content (AvgIpc) is 2.71. The van der Waals surface area contributed by atoms with Gasteiger partial charge in [-0.3, -0.25) is 4.99 Å². The molecule has 0 spiro atoms. The van der Waals surface area contributed by atoms with E-state index in [1.165, 1.54) is 42.4 Å². The Morgan fingerprint density at radius 1 is 1.18 bits per heavy atom. The number of halogens is 1. The zero-order chi connectivity index (χ0) is 19.3. The molecule has 1 fully saturated rings. The average molecular weight is 500 g/mol. The molecule has 1 aromatic rings. The van der Waals surface area contributed by atoms with Gasteiger partial charge in [0.15, 0.2) is 5.96 Å². The van der Waals surface area contributed by atoms with Gasteiger partial charge in [-0.1, -0.05) is 18.2 Å². The van der Waals surface area contributed by atoms with Crippen molar-refractivity contribution in [2.45, 2.75) is 57.0 Å². The third-order valence-corrected chi connectivity index (χ3v) is 6.41. The summed E-state index contributed by atoms with van der Waals surface area (Å²) >= 11 is 0. The van der Waals surface area contributed by atoms with Crippen LogP contribution >= 0.6 is 24.0 Å². The molecule has 6 heteroatoms. The van der Waals surface area contributed by atoms with E-state index in [0.717, 1.165) is 38.6 Å². The summed E-state index contributed by atoms with van der Waals surface area (Å²) < 4.78 is 5.58. The van der Waals surface area contributed by atoms with E-state index in [9.17, 15) is 0 Å². The van der Waals surface area contributed by atoms with E-state index in [-0.39, 0.29) is 35.6 Å². The number of guanidine groups is 1. The number of aliphatic imine (C=N–C) groups is 1. The second-order valence-corrected chi connectivity index (χ2v) is 8.26. The molecule has 0 aromatic heterocycles. The third kappa shape index (κ3) is 5.60. The van der Waals surface area contributed by atoms with Gasteiger partial charge in [0, 0.05) is 32.3 Å². The van der Waals surface area contributed by atoms with E-state index in [1.807, 2.05) is 7.05 Å². The molecular formula is C22H37IN4O. The van der Waals surface area contributed by atoms with Gasteiger partial charge in [0.1, 0.15) is 0 Å². The molecule has 28 heavy (non-hydrogen) atoms. The Morgan fingerprint density at radius 3 is 2.50 bits per heavy atom. The summed E-state index contributed by atoms with van der Waals surface area (Å²) in [6.45, 7) is 4.75. The van der Waals surface area contributed by atoms with E-state index in [1.54, 1.807) is 0 Å². The van der Waals surface area contributed by atoms with Gasteiger partial charge in [-0.15, -0.1) is 24.0 Å². The van der Waals surface area contributed by atoms with Crippen LogP contribution in [0.4, 0.5) is 0 Å². The maximum Gasteiger partial charge on any atom is 0.191 e. The molecule has 3 rings (SSSR count). The first kappa shape index (κ1) is 23.4. The van der Waals surface area contributed by atoms with Crippen LogP contribution in [0.1, 0.15) is 55.3 Å². The fraction of sp³-hybridized carbons (Fsp3) is 0.682. The predicted molar refractivity (Wildman–Crippen MR) is 128 cm³/mol. The van der Waals surface area contributed by atoms with Gasteiger partial charge in [-0.25, -0.2) is 0 Å². The Morgan fingerprint density at radius 2 is 1.86 bits per heavy atom. The lowest BCUT2D eigenvalue weighted by Crippen LogP contribution is -2.57. The predicted octanol–water partition coefficient (Wildman–Crippen LogP) is 3.52. The Balaban J connectivity index is 0.00000280. The molecule has 1 heterocycles. The fourth-order valence-electron chi connectivity index (χ4n) is 4.29. The second kappa shape index (κ2) is 10.8. The molecule has 1 aliphatic heterocycles. The topological polar surface area (TPSA) is 48.9 Å². The Bertz CT molecular complexity index is 656. The van der Waals surface area contributed by atoms with Crippen molar-refractivity contribution in [2.75, 3.05) is 40.9 Å².